The van der Waals surface area contributed by atoms with Crippen molar-refractivity contribution >= 4 is 41.2 Å². The number of hydrogen-bond donors (Lipinski definition) is 1. The summed E-state index contributed by atoms with van der Waals surface area (Å²) in [5.41, 5.74) is 2.71. The monoisotopic (exact) mass is 611 g/mol. The van der Waals surface area contributed by atoms with E-state index >= 15 is 0 Å². The molecule has 12 heteroatoms. The van der Waals surface area contributed by atoms with Gasteiger partial charge in [0, 0.05) is 29.6 Å². The molecule has 222 valence electrons. The van der Waals surface area contributed by atoms with Gasteiger partial charge in [-0.25, -0.2) is 9.48 Å². The number of esters is 1. The van der Waals surface area contributed by atoms with E-state index in [-0.39, 0.29) is 12.5 Å². The lowest BCUT2D eigenvalue weighted by atomic mass is 9.95. The number of piperidine rings is 1. The van der Waals surface area contributed by atoms with Crippen molar-refractivity contribution in [2.24, 2.45) is 0 Å². The topological polar surface area (TPSA) is 108 Å². The molecule has 10 nitrogen and oxygen atoms in total. The van der Waals surface area contributed by atoms with Gasteiger partial charge < -0.3 is 24.4 Å². The summed E-state index contributed by atoms with van der Waals surface area (Å²) in [5.74, 6) is 1.48. The molecule has 3 aromatic rings. The molecule has 3 heterocycles. The van der Waals surface area contributed by atoms with Gasteiger partial charge in [0.1, 0.15) is 6.04 Å². The van der Waals surface area contributed by atoms with Crippen molar-refractivity contribution in [2.75, 3.05) is 38.7 Å². The number of thioether (sulfide) groups is 1. The molecule has 1 N–H and O–H groups in total. The Hall–Kier alpha value is -3.70. The zero-order valence-electron chi connectivity index (χ0n) is 23.9. The molecule has 1 aromatic heterocycles. The van der Waals surface area contributed by atoms with Crippen LogP contribution >= 0.6 is 23.4 Å². The average molecular weight is 612 g/mol. The summed E-state index contributed by atoms with van der Waals surface area (Å²) in [6.07, 6.45) is 3.18. The van der Waals surface area contributed by atoms with E-state index in [1.807, 2.05) is 48.2 Å². The van der Waals surface area contributed by atoms with Crippen LogP contribution in [0.25, 0.3) is 0 Å². The number of hydrogen-bond acceptors (Lipinski definition) is 9. The van der Waals surface area contributed by atoms with Crippen LogP contribution in [0.4, 0.5) is 5.95 Å². The van der Waals surface area contributed by atoms with Crippen molar-refractivity contribution in [1.82, 2.24) is 19.7 Å². The lowest BCUT2D eigenvalue weighted by Gasteiger charge is -2.28. The normalized spacial score (nSPS) is 16.5. The third-order valence-electron chi connectivity index (χ3n) is 7.20. The van der Waals surface area contributed by atoms with Gasteiger partial charge in [0.15, 0.2) is 18.1 Å². The van der Waals surface area contributed by atoms with Crippen LogP contribution in [0.15, 0.2) is 58.9 Å². The Bertz CT molecular complexity index is 1490. The molecule has 1 unspecified atom stereocenters. The van der Waals surface area contributed by atoms with E-state index < -0.39 is 12.0 Å². The summed E-state index contributed by atoms with van der Waals surface area (Å²) in [6, 6.07) is 12.4. The predicted octanol–water partition coefficient (Wildman–Crippen LogP) is 5.48. The highest BCUT2D eigenvalue weighted by Gasteiger charge is 2.35. The Morgan fingerprint density at radius 1 is 1.10 bits per heavy atom. The second-order valence-electron chi connectivity index (χ2n) is 9.97. The maximum absolute atomic E-state index is 13.0. The molecule has 1 fully saturated rings. The van der Waals surface area contributed by atoms with Crippen molar-refractivity contribution in [3.63, 3.8) is 0 Å². The van der Waals surface area contributed by atoms with E-state index in [1.54, 1.807) is 17.7 Å². The van der Waals surface area contributed by atoms with Crippen LogP contribution in [0.2, 0.25) is 5.02 Å². The third kappa shape index (κ3) is 6.52. The second kappa shape index (κ2) is 13.5. The van der Waals surface area contributed by atoms with E-state index in [0.717, 1.165) is 43.5 Å². The molecule has 2 aromatic carbocycles. The molecule has 5 rings (SSSR count). The first-order valence-electron chi connectivity index (χ1n) is 14.0. The summed E-state index contributed by atoms with van der Waals surface area (Å²) < 4.78 is 18.7. The van der Waals surface area contributed by atoms with Crippen molar-refractivity contribution in [1.29, 1.82) is 0 Å². The number of amides is 1. The van der Waals surface area contributed by atoms with Gasteiger partial charge in [-0.2, -0.15) is 4.98 Å². The number of benzene rings is 2. The van der Waals surface area contributed by atoms with Gasteiger partial charge in [-0.05, 0) is 62.4 Å². The van der Waals surface area contributed by atoms with Crippen LogP contribution in [0.5, 0.6) is 11.5 Å². The van der Waals surface area contributed by atoms with Gasteiger partial charge in [0.05, 0.1) is 19.3 Å². The summed E-state index contributed by atoms with van der Waals surface area (Å²) in [6.45, 7) is 5.52. The van der Waals surface area contributed by atoms with Crippen LogP contribution < -0.4 is 14.8 Å². The fraction of sp³-hybridized carbons (Fsp3) is 0.400. The van der Waals surface area contributed by atoms with E-state index in [0.29, 0.717) is 51.3 Å². The van der Waals surface area contributed by atoms with Gasteiger partial charge in [-0.1, -0.05) is 47.6 Å². The van der Waals surface area contributed by atoms with Crippen LogP contribution in [-0.4, -0.2) is 65.0 Å². The third-order valence-corrected chi connectivity index (χ3v) is 8.45. The van der Waals surface area contributed by atoms with E-state index in [9.17, 15) is 9.59 Å². The number of nitrogens with zero attached hydrogens (tertiary/aromatic N) is 4. The molecule has 2 aliphatic heterocycles. The van der Waals surface area contributed by atoms with Gasteiger partial charge in [-0.15, -0.1) is 5.10 Å². The number of anilines is 1. The minimum Gasteiger partial charge on any atom is -0.490 e. The molecule has 1 amide bonds. The molecule has 0 saturated carbocycles. The number of methoxy groups -OCH3 is 1. The number of ether oxygens (including phenoxy) is 3. The quantitative estimate of drug-likeness (QED) is 0.236. The van der Waals surface area contributed by atoms with Crippen molar-refractivity contribution in [3.8, 4) is 11.5 Å². The van der Waals surface area contributed by atoms with Gasteiger partial charge in [-0.3, -0.25) is 4.79 Å². The minimum absolute atomic E-state index is 0.0415. The summed E-state index contributed by atoms with van der Waals surface area (Å²) in [7, 11) is 1.35. The molecular weight excluding hydrogens is 578 g/mol. The zero-order chi connectivity index (χ0) is 29.6. The lowest BCUT2D eigenvalue weighted by Crippen LogP contribution is -2.38. The number of carbonyl (C=O) groups is 2. The molecule has 0 aliphatic carbocycles. The van der Waals surface area contributed by atoms with Crippen LogP contribution in [-0.2, 0) is 20.1 Å². The van der Waals surface area contributed by atoms with Crippen molar-refractivity contribution in [3.05, 3.63) is 69.9 Å². The van der Waals surface area contributed by atoms with Gasteiger partial charge in [0.2, 0.25) is 11.1 Å². The highest BCUT2D eigenvalue weighted by atomic mass is 35.5. The predicted molar refractivity (Wildman–Crippen MR) is 161 cm³/mol. The number of nitrogens with one attached hydrogen (secondary N) is 1. The molecule has 1 saturated heterocycles. The Morgan fingerprint density at radius 2 is 1.88 bits per heavy atom. The first-order chi connectivity index (χ1) is 20.4. The summed E-state index contributed by atoms with van der Waals surface area (Å²) in [4.78, 5) is 32.3. The van der Waals surface area contributed by atoms with Crippen LogP contribution in [0, 0.1) is 0 Å². The molecule has 1 atom stereocenters. The van der Waals surface area contributed by atoms with E-state index in [4.69, 9.17) is 30.9 Å². The number of halogens is 1. The van der Waals surface area contributed by atoms with Gasteiger partial charge >= 0.3 is 5.97 Å². The maximum atomic E-state index is 13.0. The Kier molecular flexibility index (Phi) is 9.58. The largest absolute Gasteiger partial charge is 0.490 e. The second-order valence-corrected chi connectivity index (χ2v) is 11.3. The van der Waals surface area contributed by atoms with Crippen LogP contribution in [0.3, 0.4) is 0 Å². The number of rotatable bonds is 10. The first-order valence-corrected chi connectivity index (χ1v) is 15.3. The number of fused-ring (bicyclic) bond motifs is 1. The van der Waals surface area contributed by atoms with Gasteiger partial charge in [0.25, 0.3) is 5.91 Å². The summed E-state index contributed by atoms with van der Waals surface area (Å²) >= 11 is 7.79. The number of likely N-dealkylation sites (tertiary alicyclic amines) is 1. The molecule has 0 spiro atoms. The number of carbonyl (C=O) groups excluding carboxylic acids is 2. The molecule has 0 radical (unpaired) electrons. The summed E-state index contributed by atoms with van der Waals surface area (Å²) in [5, 5.41) is 9.17. The number of allylic oxidation sites excluding steroid dienone is 1. The average Bonchev–Trinajstić information content (AvgIpc) is 3.41. The zero-order valence-corrected chi connectivity index (χ0v) is 25.5. The smallest absolute Gasteiger partial charge is 0.338 e. The highest BCUT2D eigenvalue weighted by Crippen LogP contribution is 2.40. The maximum Gasteiger partial charge on any atom is 0.338 e. The first kappa shape index (κ1) is 29.8. The standard InChI is InChI=1S/C30H34ClN5O5S/c1-4-40-24-16-20(12-13-23(24)41-17-25(37)35-14-8-5-9-15-35)27-26(28(38)39-3)19(2)32-29-33-30(34-36(27)29)42-18-21-10-6-7-11-22(21)31/h6-7,10-13,16,27H,4-5,8-9,14-15,17-18H2,1-3H3,(H,32,33,34). The molecular formula is C30H34ClN5O5S. The fourth-order valence-corrected chi connectivity index (χ4v) is 6.20. The fourth-order valence-electron chi connectivity index (χ4n) is 5.09. The van der Waals surface area contributed by atoms with Crippen LogP contribution in [0.1, 0.15) is 50.3 Å². The SMILES string of the molecule is CCOc1cc(C2C(C(=O)OC)=C(C)Nc3nc(SCc4ccccc4Cl)nn32)ccc1OCC(=O)N1CCCCC1. The Morgan fingerprint density at radius 3 is 2.62 bits per heavy atom. The minimum atomic E-state index is -0.640. The molecule has 42 heavy (non-hydrogen) atoms. The highest BCUT2D eigenvalue weighted by molar-refractivity contribution is 7.98. The Labute approximate surface area is 254 Å². The van der Waals surface area contributed by atoms with Crippen molar-refractivity contribution < 1.29 is 23.8 Å². The lowest BCUT2D eigenvalue weighted by molar-refractivity contribution is -0.136. The Balaban J connectivity index is 1.44. The van der Waals surface area contributed by atoms with E-state index in [2.05, 4.69) is 10.3 Å². The van der Waals surface area contributed by atoms with Crippen molar-refractivity contribution in [2.45, 2.75) is 50.1 Å². The number of aromatic nitrogens is 3. The molecule has 2 aliphatic rings. The van der Waals surface area contributed by atoms with E-state index in [1.165, 1.54) is 18.9 Å². The molecule has 0 bridgehead atoms.